The third-order valence-electron chi connectivity index (χ3n) is 2.17. The van der Waals surface area contributed by atoms with Gasteiger partial charge in [0, 0.05) is 17.3 Å². The predicted molar refractivity (Wildman–Crippen MR) is 65.7 cm³/mol. The van der Waals surface area contributed by atoms with Crippen LogP contribution < -0.4 is 4.74 Å². The van der Waals surface area contributed by atoms with Gasteiger partial charge in [0.15, 0.2) is 0 Å². The van der Waals surface area contributed by atoms with Gasteiger partial charge in [-0.1, -0.05) is 11.6 Å². The number of aryl methyl sites for hydroxylation is 1. The lowest BCUT2D eigenvalue weighted by atomic mass is 10.2. The summed E-state index contributed by atoms with van der Waals surface area (Å²) in [7, 11) is 1.57. The molecule has 0 fully saturated rings. The standard InChI is InChI=1S/C11H10Cl2N2O2/c1-16-9-3-2-7(13)6-8(9)11-15-14-10(17-11)4-5-12/h2-3,6H,4-5H2,1H3. The SMILES string of the molecule is COc1ccc(Cl)cc1-c1nnc(CCCl)o1. The lowest BCUT2D eigenvalue weighted by Gasteiger charge is -2.04. The van der Waals surface area contributed by atoms with Crippen LogP contribution in [0, 0.1) is 0 Å². The van der Waals surface area contributed by atoms with Crippen LogP contribution in [0.15, 0.2) is 22.6 Å². The van der Waals surface area contributed by atoms with Crippen molar-refractivity contribution in [2.45, 2.75) is 6.42 Å². The second-order valence-electron chi connectivity index (χ2n) is 3.28. The Bertz CT molecular complexity index is 514. The minimum Gasteiger partial charge on any atom is -0.496 e. The van der Waals surface area contributed by atoms with Crippen LogP contribution >= 0.6 is 23.2 Å². The fraction of sp³-hybridized carbons (Fsp3) is 0.273. The van der Waals surface area contributed by atoms with Crippen LogP contribution in [0.2, 0.25) is 5.02 Å². The van der Waals surface area contributed by atoms with Gasteiger partial charge in [-0.3, -0.25) is 0 Å². The van der Waals surface area contributed by atoms with E-state index in [1.54, 1.807) is 25.3 Å². The van der Waals surface area contributed by atoms with Crippen molar-refractivity contribution in [3.8, 4) is 17.2 Å². The molecule has 0 saturated carbocycles. The number of halogens is 2. The first-order valence-corrected chi connectivity index (χ1v) is 5.88. The van der Waals surface area contributed by atoms with Crippen molar-refractivity contribution in [3.63, 3.8) is 0 Å². The molecule has 2 aromatic rings. The highest BCUT2D eigenvalue weighted by Gasteiger charge is 2.13. The van der Waals surface area contributed by atoms with Crippen molar-refractivity contribution < 1.29 is 9.15 Å². The van der Waals surface area contributed by atoms with Gasteiger partial charge >= 0.3 is 0 Å². The van der Waals surface area contributed by atoms with E-state index in [0.717, 1.165) is 0 Å². The molecule has 0 unspecified atom stereocenters. The van der Waals surface area contributed by atoms with E-state index in [0.29, 0.717) is 40.4 Å². The van der Waals surface area contributed by atoms with Crippen molar-refractivity contribution in [1.82, 2.24) is 10.2 Å². The summed E-state index contributed by atoms with van der Waals surface area (Å²) >= 11 is 11.5. The normalized spacial score (nSPS) is 10.5. The van der Waals surface area contributed by atoms with E-state index < -0.39 is 0 Å². The van der Waals surface area contributed by atoms with Gasteiger partial charge in [0.1, 0.15) is 5.75 Å². The van der Waals surface area contributed by atoms with Gasteiger partial charge in [-0.2, -0.15) is 0 Å². The van der Waals surface area contributed by atoms with Crippen LogP contribution in [0.1, 0.15) is 5.89 Å². The zero-order valence-electron chi connectivity index (χ0n) is 9.11. The Morgan fingerprint density at radius 3 is 2.88 bits per heavy atom. The minimum atomic E-state index is 0.379. The molecule has 2 rings (SSSR count). The van der Waals surface area contributed by atoms with Crippen LogP contribution in [-0.4, -0.2) is 23.2 Å². The summed E-state index contributed by atoms with van der Waals surface area (Å²) in [6.07, 6.45) is 0.539. The number of nitrogens with zero attached hydrogens (tertiary/aromatic N) is 2. The van der Waals surface area contributed by atoms with Crippen LogP contribution in [-0.2, 0) is 6.42 Å². The third-order valence-corrected chi connectivity index (χ3v) is 2.59. The van der Waals surface area contributed by atoms with Crippen molar-refractivity contribution in [2.24, 2.45) is 0 Å². The molecule has 0 aliphatic carbocycles. The molecule has 0 saturated heterocycles. The van der Waals surface area contributed by atoms with E-state index in [-0.39, 0.29) is 0 Å². The first kappa shape index (κ1) is 12.2. The van der Waals surface area contributed by atoms with Crippen LogP contribution in [0.25, 0.3) is 11.5 Å². The molecule has 0 spiro atoms. The lowest BCUT2D eigenvalue weighted by Crippen LogP contribution is -1.87. The zero-order valence-corrected chi connectivity index (χ0v) is 10.6. The Morgan fingerprint density at radius 2 is 2.18 bits per heavy atom. The number of methoxy groups -OCH3 is 1. The van der Waals surface area contributed by atoms with Gasteiger partial charge in [0.25, 0.3) is 5.89 Å². The van der Waals surface area contributed by atoms with Crippen LogP contribution in [0.5, 0.6) is 5.75 Å². The summed E-state index contributed by atoms with van der Waals surface area (Å²) in [5, 5.41) is 8.41. The van der Waals surface area contributed by atoms with Crippen LogP contribution in [0.4, 0.5) is 0 Å². The fourth-order valence-corrected chi connectivity index (χ4v) is 1.73. The van der Waals surface area contributed by atoms with Crippen LogP contribution in [0.3, 0.4) is 0 Å². The quantitative estimate of drug-likeness (QED) is 0.803. The molecule has 0 bridgehead atoms. The average molecular weight is 273 g/mol. The summed E-state index contributed by atoms with van der Waals surface area (Å²) in [6.45, 7) is 0. The predicted octanol–water partition coefficient (Wildman–Crippen LogP) is 3.18. The number of aromatic nitrogens is 2. The maximum atomic E-state index is 5.93. The van der Waals surface area contributed by atoms with Gasteiger partial charge in [0.05, 0.1) is 12.7 Å². The Hall–Kier alpha value is -1.26. The molecule has 1 aromatic heterocycles. The largest absolute Gasteiger partial charge is 0.496 e. The number of rotatable bonds is 4. The van der Waals surface area contributed by atoms with Crippen molar-refractivity contribution in [3.05, 3.63) is 29.1 Å². The Balaban J connectivity index is 2.40. The van der Waals surface area contributed by atoms with E-state index in [1.165, 1.54) is 0 Å². The highest BCUT2D eigenvalue weighted by Crippen LogP contribution is 2.31. The van der Waals surface area contributed by atoms with Gasteiger partial charge < -0.3 is 9.15 Å². The van der Waals surface area contributed by atoms with E-state index in [2.05, 4.69) is 10.2 Å². The van der Waals surface area contributed by atoms with Crippen molar-refractivity contribution in [1.29, 1.82) is 0 Å². The number of ether oxygens (including phenoxy) is 1. The Morgan fingerprint density at radius 1 is 1.35 bits per heavy atom. The van der Waals surface area contributed by atoms with E-state index >= 15 is 0 Å². The van der Waals surface area contributed by atoms with E-state index in [1.807, 2.05) is 0 Å². The topological polar surface area (TPSA) is 48.2 Å². The summed E-state index contributed by atoms with van der Waals surface area (Å²) in [5.41, 5.74) is 0.674. The van der Waals surface area contributed by atoms with E-state index in [4.69, 9.17) is 32.4 Å². The molecule has 1 aromatic carbocycles. The summed E-state index contributed by atoms with van der Waals surface area (Å²) in [4.78, 5) is 0. The number of alkyl halides is 1. The summed E-state index contributed by atoms with van der Waals surface area (Å²) < 4.78 is 10.7. The molecular formula is C11H10Cl2N2O2. The minimum absolute atomic E-state index is 0.379. The highest BCUT2D eigenvalue weighted by atomic mass is 35.5. The zero-order chi connectivity index (χ0) is 12.3. The Kier molecular flexibility index (Phi) is 3.86. The number of hydrogen-bond acceptors (Lipinski definition) is 4. The second kappa shape index (κ2) is 5.38. The average Bonchev–Trinajstić information content (AvgIpc) is 2.78. The number of hydrogen-bond donors (Lipinski definition) is 0. The van der Waals surface area contributed by atoms with Crippen molar-refractivity contribution >= 4 is 23.2 Å². The molecule has 0 radical (unpaired) electrons. The monoisotopic (exact) mass is 272 g/mol. The first-order valence-electron chi connectivity index (χ1n) is 4.97. The maximum absolute atomic E-state index is 5.93. The molecule has 17 heavy (non-hydrogen) atoms. The first-order chi connectivity index (χ1) is 8.24. The summed E-state index contributed by atoms with van der Waals surface area (Å²) in [5.74, 6) is 1.95. The molecule has 0 aliphatic rings. The van der Waals surface area contributed by atoms with Gasteiger partial charge in [-0.25, -0.2) is 0 Å². The lowest BCUT2D eigenvalue weighted by molar-refractivity contribution is 0.413. The smallest absolute Gasteiger partial charge is 0.251 e. The Labute approximate surface area is 109 Å². The van der Waals surface area contributed by atoms with Crippen molar-refractivity contribution in [2.75, 3.05) is 13.0 Å². The molecular weight excluding hydrogens is 263 g/mol. The highest BCUT2D eigenvalue weighted by molar-refractivity contribution is 6.30. The van der Waals surface area contributed by atoms with Gasteiger partial charge in [-0.15, -0.1) is 21.8 Å². The second-order valence-corrected chi connectivity index (χ2v) is 4.10. The molecule has 4 nitrogen and oxygen atoms in total. The van der Waals surface area contributed by atoms with E-state index in [9.17, 15) is 0 Å². The molecule has 90 valence electrons. The molecule has 0 N–H and O–H groups in total. The number of benzene rings is 1. The molecule has 1 heterocycles. The summed E-state index contributed by atoms with van der Waals surface area (Å²) in [6, 6.07) is 5.21. The fourth-order valence-electron chi connectivity index (χ4n) is 1.39. The molecule has 0 aliphatic heterocycles. The van der Waals surface area contributed by atoms with Gasteiger partial charge in [-0.05, 0) is 18.2 Å². The molecule has 6 heteroatoms. The molecule has 0 amide bonds. The molecule has 0 atom stereocenters. The van der Waals surface area contributed by atoms with Gasteiger partial charge in [0.2, 0.25) is 5.89 Å². The third kappa shape index (κ3) is 2.70. The maximum Gasteiger partial charge on any atom is 0.251 e.